The lowest BCUT2D eigenvalue weighted by atomic mass is 9.75. The Kier molecular flexibility index (Phi) is 4.78. The minimum absolute atomic E-state index is 0.518. The fourth-order valence-electron chi connectivity index (χ4n) is 3.06. The summed E-state index contributed by atoms with van der Waals surface area (Å²) >= 11 is 0. The highest BCUT2D eigenvalue weighted by molar-refractivity contribution is 5.59. The molecule has 2 nitrogen and oxygen atoms in total. The first kappa shape index (κ1) is 14.6. The second-order valence-electron chi connectivity index (χ2n) is 5.88. The van der Waals surface area contributed by atoms with E-state index in [-0.39, 0.29) is 0 Å². The molecule has 0 saturated heterocycles. The van der Waals surface area contributed by atoms with Gasteiger partial charge in [-0.15, -0.1) is 0 Å². The molecule has 0 heterocycles. The zero-order valence-electron chi connectivity index (χ0n) is 12.3. The number of hydrogen-bond donors (Lipinski definition) is 2. The van der Waals surface area contributed by atoms with Gasteiger partial charge in [0.2, 0.25) is 0 Å². The van der Waals surface area contributed by atoms with E-state index in [1.54, 1.807) is 0 Å². The predicted octanol–water partition coefficient (Wildman–Crippen LogP) is 4.55. The summed E-state index contributed by atoms with van der Waals surface area (Å²) in [4.78, 5) is 0. The molecule has 1 aliphatic rings. The molecule has 1 aromatic carbocycles. The Labute approximate surface area is 121 Å². The molecule has 0 saturated carbocycles. The van der Waals surface area contributed by atoms with Crippen LogP contribution in [0.3, 0.4) is 0 Å². The van der Waals surface area contributed by atoms with E-state index < -0.39 is 0 Å². The van der Waals surface area contributed by atoms with Gasteiger partial charge < -0.3 is 11.1 Å². The Morgan fingerprint density at radius 1 is 1.30 bits per heavy atom. The van der Waals surface area contributed by atoms with Crippen molar-refractivity contribution < 1.29 is 0 Å². The van der Waals surface area contributed by atoms with Crippen LogP contribution in [0, 0.1) is 17.2 Å². The van der Waals surface area contributed by atoms with E-state index in [0.717, 1.165) is 18.5 Å². The molecule has 2 atom stereocenters. The molecular weight excluding hydrogens is 244 g/mol. The Balaban J connectivity index is 2.17. The highest BCUT2D eigenvalue weighted by atomic mass is 14.5. The Bertz CT molecular complexity index is 509. The monoisotopic (exact) mass is 268 g/mol. The standard InChI is InChI=1S/C18H24N2/c1-13(2)18(16-7-9-17(20)10-8-16)15-5-3-14(4-6-15)11-12-19/h3-5,7-10,12-13,15,18-19H,6,11,20H2,1-2H3. The van der Waals surface area contributed by atoms with Gasteiger partial charge in [0.05, 0.1) is 0 Å². The van der Waals surface area contributed by atoms with E-state index in [9.17, 15) is 0 Å². The zero-order chi connectivity index (χ0) is 14.5. The Morgan fingerprint density at radius 3 is 2.50 bits per heavy atom. The van der Waals surface area contributed by atoms with Crippen molar-refractivity contribution in [3.63, 3.8) is 0 Å². The van der Waals surface area contributed by atoms with Crippen molar-refractivity contribution in [1.82, 2.24) is 0 Å². The summed E-state index contributed by atoms with van der Waals surface area (Å²) in [6.07, 6.45) is 10.1. The van der Waals surface area contributed by atoms with Gasteiger partial charge in [-0.1, -0.05) is 44.2 Å². The first-order valence-electron chi connectivity index (χ1n) is 7.33. The summed E-state index contributed by atoms with van der Waals surface area (Å²) in [6.45, 7) is 4.57. The summed E-state index contributed by atoms with van der Waals surface area (Å²) in [5.41, 5.74) is 9.24. The lowest BCUT2D eigenvalue weighted by Gasteiger charge is -2.30. The van der Waals surface area contributed by atoms with Crippen molar-refractivity contribution in [2.24, 2.45) is 11.8 Å². The minimum Gasteiger partial charge on any atom is -0.399 e. The lowest BCUT2D eigenvalue weighted by Crippen LogP contribution is -2.18. The number of anilines is 1. The zero-order valence-corrected chi connectivity index (χ0v) is 12.3. The van der Waals surface area contributed by atoms with Crippen LogP contribution in [0.2, 0.25) is 0 Å². The first-order chi connectivity index (χ1) is 9.61. The molecule has 0 radical (unpaired) electrons. The van der Waals surface area contributed by atoms with Crippen LogP contribution >= 0.6 is 0 Å². The number of hydrogen-bond acceptors (Lipinski definition) is 2. The van der Waals surface area contributed by atoms with Crippen molar-refractivity contribution in [2.75, 3.05) is 5.73 Å². The van der Waals surface area contributed by atoms with Gasteiger partial charge in [0, 0.05) is 12.1 Å². The van der Waals surface area contributed by atoms with Crippen molar-refractivity contribution in [2.45, 2.75) is 32.6 Å². The highest BCUT2D eigenvalue weighted by Gasteiger charge is 2.24. The molecule has 0 amide bonds. The van der Waals surface area contributed by atoms with Crippen molar-refractivity contribution in [3.8, 4) is 0 Å². The third kappa shape index (κ3) is 3.38. The third-order valence-electron chi connectivity index (χ3n) is 4.05. The molecule has 1 aromatic rings. The average Bonchev–Trinajstić information content (AvgIpc) is 2.43. The second kappa shape index (κ2) is 6.56. The summed E-state index contributed by atoms with van der Waals surface area (Å²) < 4.78 is 0. The molecule has 0 aliphatic heterocycles. The van der Waals surface area contributed by atoms with Crippen LogP contribution < -0.4 is 5.73 Å². The van der Waals surface area contributed by atoms with E-state index in [4.69, 9.17) is 11.1 Å². The fourth-order valence-corrected chi connectivity index (χ4v) is 3.06. The number of nitrogens with two attached hydrogens (primary N) is 1. The lowest BCUT2D eigenvalue weighted by molar-refractivity contribution is 0.395. The maximum Gasteiger partial charge on any atom is 0.0314 e. The van der Waals surface area contributed by atoms with Gasteiger partial charge in [-0.3, -0.25) is 0 Å². The summed E-state index contributed by atoms with van der Waals surface area (Å²) in [6, 6.07) is 8.30. The largest absolute Gasteiger partial charge is 0.399 e. The SMILES string of the molecule is CC(C)C(c1ccc(N)cc1)C1C=CC(CC=N)=CC1. The van der Waals surface area contributed by atoms with E-state index >= 15 is 0 Å². The normalized spacial score (nSPS) is 19.8. The van der Waals surface area contributed by atoms with E-state index in [1.165, 1.54) is 17.4 Å². The third-order valence-corrected chi connectivity index (χ3v) is 4.05. The average molecular weight is 268 g/mol. The van der Waals surface area contributed by atoms with E-state index in [2.05, 4.69) is 44.2 Å². The smallest absolute Gasteiger partial charge is 0.0314 e. The van der Waals surface area contributed by atoms with Crippen LogP contribution in [0.25, 0.3) is 0 Å². The first-order valence-corrected chi connectivity index (χ1v) is 7.33. The predicted molar refractivity (Wildman–Crippen MR) is 87.2 cm³/mol. The number of rotatable bonds is 5. The molecule has 0 spiro atoms. The second-order valence-corrected chi connectivity index (χ2v) is 5.88. The van der Waals surface area contributed by atoms with Crippen LogP contribution in [0.5, 0.6) is 0 Å². The quantitative estimate of drug-likeness (QED) is 0.597. The van der Waals surface area contributed by atoms with Crippen LogP contribution in [-0.4, -0.2) is 6.21 Å². The highest BCUT2D eigenvalue weighted by Crippen LogP contribution is 2.37. The molecule has 2 heteroatoms. The van der Waals surface area contributed by atoms with Crippen LogP contribution in [0.15, 0.2) is 48.1 Å². The van der Waals surface area contributed by atoms with Crippen LogP contribution in [-0.2, 0) is 0 Å². The van der Waals surface area contributed by atoms with E-state index in [0.29, 0.717) is 17.8 Å². The van der Waals surface area contributed by atoms with Crippen molar-refractivity contribution in [3.05, 3.63) is 53.6 Å². The van der Waals surface area contributed by atoms with Crippen LogP contribution in [0.4, 0.5) is 5.69 Å². The van der Waals surface area contributed by atoms with Crippen LogP contribution in [0.1, 0.15) is 38.2 Å². The molecule has 2 rings (SSSR count). The molecular formula is C18H24N2. The molecule has 1 aliphatic carbocycles. The number of nitrogens with one attached hydrogen (secondary N) is 1. The molecule has 0 bridgehead atoms. The number of allylic oxidation sites excluding steroid dienone is 4. The fraction of sp³-hybridized carbons (Fsp3) is 0.389. The summed E-state index contributed by atoms with van der Waals surface area (Å²) in [5.74, 6) is 1.64. The molecule has 2 unspecified atom stereocenters. The summed E-state index contributed by atoms with van der Waals surface area (Å²) in [5, 5.41) is 7.18. The van der Waals surface area contributed by atoms with Gasteiger partial charge in [-0.05, 0) is 53.7 Å². The van der Waals surface area contributed by atoms with Gasteiger partial charge in [-0.25, -0.2) is 0 Å². The molecule has 0 aromatic heterocycles. The van der Waals surface area contributed by atoms with Crippen molar-refractivity contribution in [1.29, 1.82) is 5.41 Å². The number of benzene rings is 1. The maximum atomic E-state index is 7.18. The molecule has 0 fully saturated rings. The summed E-state index contributed by atoms with van der Waals surface area (Å²) in [7, 11) is 0. The van der Waals surface area contributed by atoms with Gasteiger partial charge in [0.25, 0.3) is 0 Å². The topological polar surface area (TPSA) is 49.9 Å². The molecule has 3 N–H and O–H groups in total. The van der Waals surface area contributed by atoms with Gasteiger partial charge >= 0.3 is 0 Å². The van der Waals surface area contributed by atoms with Gasteiger partial charge in [0.15, 0.2) is 0 Å². The minimum atomic E-state index is 0.518. The van der Waals surface area contributed by atoms with Gasteiger partial charge in [-0.2, -0.15) is 0 Å². The molecule has 20 heavy (non-hydrogen) atoms. The maximum absolute atomic E-state index is 7.18. The van der Waals surface area contributed by atoms with Crippen molar-refractivity contribution >= 4 is 11.9 Å². The molecule has 106 valence electrons. The van der Waals surface area contributed by atoms with Gasteiger partial charge in [0.1, 0.15) is 0 Å². The van der Waals surface area contributed by atoms with E-state index in [1.807, 2.05) is 12.1 Å². The number of nitrogen functional groups attached to an aromatic ring is 1. The Morgan fingerprint density at radius 2 is 2.00 bits per heavy atom. The Hall–Kier alpha value is -1.83.